The van der Waals surface area contributed by atoms with Crippen LogP contribution in [-0.4, -0.2) is 27.9 Å². The minimum Gasteiger partial charge on any atom is -0.460 e. The molecule has 0 radical (unpaired) electrons. The molecule has 2 N–H and O–H groups in total. The summed E-state index contributed by atoms with van der Waals surface area (Å²) in [7, 11) is 0. The van der Waals surface area contributed by atoms with Crippen molar-refractivity contribution in [2.45, 2.75) is 16.8 Å². The molecule has 23 heavy (non-hydrogen) atoms. The Balaban J connectivity index is 1.96. The van der Waals surface area contributed by atoms with Gasteiger partial charge >= 0.3 is 5.97 Å². The molecule has 1 heterocycles. The number of aromatic nitrogens is 2. The average Bonchev–Trinajstić information content (AvgIpc) is 2.58. The number of carbonyl (C=O) groups is 1. The molecule has 6 nitrogen and oxygen atoms in total. The van der Waals surface area contributed by atoms with Gasteiger partial charge in [0.1, 0.15) is 29.1 Å². The fraction of sp³-hybridized carbons (Fsp3) is 0.200. The Kier molecular flexibility index (Phi) is 6.26. The Labute approximate surface area is 142 Å². The first-order valence-electron chi connectivity index (χ1n) is 6.58. The molecule has 0 aliphatic heterocycles. The van der Waals surface area contributed by atoms with Crippen LogP contribution < -0.4 is 5.73 Å². The number of carbonyl (C=O) groups excluding carboxylic acids is 1. The highest BCUT2D eigenvalue weighted by atomic mass is 32.2. The quantitative estimate of drug-likeness (QED) is 0.368. The van der Waals surface area contributed by atoms with Gasteiger partial charge in [-0.3, -0.25) is 4.79 Å². The summed E-state index contributed by atoms with van der Waals surface area (Å²) < 4.78 is 5.19. The summed E-state index contributed by atoms with van der Waals surface area (Å²) in [4.78, 5) is 20.0. The van der Waals surface area contributed by atoms with Crippen LogP contribution in [0, 0.1) is 11.3 Å². The normalized spacial score (nSPS) is 10.1. The van der Waals surface area contributed by atoms with E-state index in [-0.39, 0.29) is 29.7 Å². The van der Waals surface area contributed by atoms with E-state index in [1.54, 1.807) is 0 Å². The van der Waals surface area contributed by atoms with Crippen LogP contribution in [0.1, 0.15) is 11.1 Å². The molecule has 0 bridgehead atoms. The van der Waals surface area contributed by atoms with E-state index < -0.39 is 0 Å². The van der Waals surface area contributed by atoms with Crippen molar-refractivity contribution < 1.29 is 9.53 Å². The predicted molar refractivity (Wildman–Crippen MR) is 89.9 cm³/mol. The first-order valence-corrected chi connectivity index (χ1v) is 8.79. The Morgan fingerprint density at radius 1 is 1.35 bits per heavy atom. The van der Waals surface area contributed by atoms with Gasteiger partial charge in [-0.2, -0.15) is 5.26 Å². The van der Waals surface area contributed by atoms with Crippen LogP contribution in [0.5, 0.6) is 0 Å². The maximum atomic E-state index is 11.8. The molecule has 0 aliphatic carbocycles. The van der Waals surface area contributed by atoms with E-state index in [9.17, 15) is 4.79 Å². The summed E-state index contributed by atoms with van der Waals surface area (Å²) >= 11 is 2.43. The zero-order chi connectivity index (χ0) is 16.7. The smallest absolute Gasteiger partial charge is 0.316 e. The highest BCUT2D eigenvalue weighted by Gasteiger charge is 2.14. The second kappa shape index (κ2) is 8.41. The molecule has 2 rings (SSSR count). The molecule has 0 atom stereocenters. The zero-order valence-corrected chi connectivity index (χ0v) is 14.0. The molecule has 0 fully saturated rings. The van der Waals surface area contributed by atoms with Crippen molar-refractivity contribution in [1.29, 1.82) is 5.26 Å². The number of nitriles is 1. The van der Waals surface area contributed by atoms with E-state index in [0.717, 1.165) is 17.3 Å². The molecular weight excluding hydrogens is 332 g/mol. The SMILES string of the molecule is CSc1nc(N)c(C#N)c(SCC(=O)OCc2ccccc2)n1. The largest absolute Gasteiger partial charge is 0.460 e. The van der Waals surface area contributed by atoms with Crippen LogP contribution >= 0.6 is 23.5 Å². The van der Waals surface area contributed by atoms with E-state index >= 15 is 0 Å². The molecule has 1 aromatic carbocycles. The summed E-state index contributed by atoms with van der Waals surface area (Å²) in [5.41, 5.74) is 6.83. The van der Waals surface area contributed by atoms with Crippen molar-refractivity contribution in [3.63, 3.8) is 0 Å². The number of anilines is 1. The van der Waals surface area contributed by atoms with Crippen molar-refractivity contribution in [3.05, 3.63) is 41.5 Å². The van der Waals surface area contributed by atoms with Gasteiger partial charge in [0.05, 0.1) is 5.75 Å². The molecule has 0 saturated carbocycles. The Morgan fingerprint density at radius 2 is 2.09 bits per heavy atom. The summed E-state index contributed by atoms with van der Waals surface area (Å²) in [5, 5.41) is 9.98. The second-order valence-corrected chi connectivity index (χ2v) is 6.06. The average molecular weight is 346 g/mol. The van der Waals surface area contributed by atoms with E-state index in [4.69, 9.17) is 15.7 Å². The van der Waals surface area contributed by atoms with Gasteiger partial charge in [0, 0.05) is 0 Å². The lowest BCUT2D eigenvalue weighted by atomic mass is 10.2. The van der Waals surface area contributed by atoms with Gasteiger partial charge in [0.25, 0.3) is 0 Å². The van der Waals surface area contributed by atoms with E-state index in [0.29, 0.717) is 10.2 Å². The summed E-state index contributed by atoms with van der Waals surface area (Å²) in [6.45, 7) is 0.216. The fourth-order valence-corrected chi connectivity index (χ4v) is 2.86. The minimum absolute atomic E-state index is 0.0474. The van der Waals surface area contributed by atoms with Gasteiger partial charge in [-0.1, -0.05) is 53.9 Å². The second-order valence-electron chi connectivity index (χ2n) is 4.32. The molecule has 0 spiro atoms. The zero-order valence-electron chi connectivity index (χ0n) is 12.4. The monoisotopic (exact) mass is 346 g/mol. The summed E-state index contributed by atoms with van der Waals surface area (Å²) in [6.07, 6.45) is 1.81. The highest BCUT2D eigenvalue weighted by molar-refractivity contribution is 8.00. The van der Waals surface area contributed by atoms with Crippen molar-refractivity contribution in [3.8, 4) is 6.07 Å². The fourth-order valence-electron chi connectivity index (χ4n) is 1.64. The number of rotatable bonds is 6. The lowest BCUT2D eigenvalue weighted by molar-refractivity contribution is -0.141. The van der Waals surface area contributed by atoms with E-state index in [1.165, 1.54) is 11.8 Å². The Hall–Kier alpha value is -2.24. The number of benzene rings is 1. The predicted octanol–water partition coefficient (Wildman–Crippen LogP) is 2.49. The van der Waals surface area contributed by atoms with Gasteiger partial charge in [0.2, 0.25) is 0 Å². The first-order chi connectivity index (χ1) is 11.1. The van der Waals surface area contributed by atoms with E-state index in [2.05, 4.69) is 9.97 Å². The number of hydrogen-bond donors (Lipinski definition) is 1. The molecule has 0 unspecified atom stereocenters. The molecule has 0 amide bonds. The highest BCUT2D eigenvalue weighted by Crippen LogP contribution is 2.26. The topological polar surface area (TPSA) is 102 Å². The third kappa shape index (κ3) is 4.87. The third-order valence-corrected chi connectivity index (χ3v) is 4.24. The number of nitrogens with two attached hydrogens (primary N) is 1. The lowest BCUT2D eigenvalue weighted by Crippen LogP contribution is -2.08. The van der Waals surface area contributed by atoms with Gasteiger partial charge < -0.3 is 10.5 Å². The molecule has 1 aromatic heterocycles. The number of hydrogen-bond acceptors (Lipinski definition) is 8. The van der Waals surface area contributed by atoms with Crippen LogP contribution in [0.25, 0.3) is 0 Å². The van der Waals surface area contributed by atoms with Crippen molar-refractivity contribution in [2.75, 3.05) is 17.7 Å². The Morgan fingerprint density at radius 3 is 2.74 bits per heavy atom. The number of nitrogens with zero attached hydrogens (tertiary/aromatic N) is 3. The van der Waals surface area contributed by atoms with E-state index in [1.807, 2.05) is 42.7 Å². The molecular formula is C15H14N4O2S2. The third-order valence-electron chi connectivity index (χ3n) is 2.75. The number of ether oxygens (including phenoxy) is 1. The van der Waals surface area contributed by atoms with Gasteiger partial charge in [-0.25, -0.2) is 9.97 Å². The minimum atomic E-state index is -0.384. The van der Waals surface area contributed by atoms with Gasteiger partial charge in [-0.05, 0) is 11.8 Å². The van der Waals surface area contributed by atoms with Crippen LogP contribution in [0.2, 0.25) is 0 Å². The maximum absolute atomic E-state index is 11.8. The number of thioether (sulfide) groups is 2. The van der Waals surface area contributed by atoms with Crippen LogP contribution in [-0.2, 0) is 16.1 Å². The van der Waals surface area contributed by atoms with Crippen LogP contribution in [0.15, 0.2) is 40.5 Å². The van der Waals surface area contributed by atoms with Crippen molar-refractivity contribution in [2.24, 2.45) is 0 Å². The first kappa shape index (κ1) is 17.1. The lowest BCUT2D eigenvalue weighted by Gasteiger charge is -2.07. The Bertz CT molecular complexity index is 732. The van der Waals surface area contributed by atoms with Crippen LogP contribution in [0.4, 0.5) is 5.82 Å². The van der Waals surface area contributed by atoms with Crippen LogP contribution in [0.3, 0.4) is 0 Å². The number of esters is 1. The standard InChI is InChI=1S/C15H14N4O2S2/c1-22-15-18-13(17)11(7-16)14(19-15)23-9-12(20)21-8-10-5-3-2-4-6-10/h2-6H,8-9H2,1H3,(H2,17,18,19). The molecule has 0 aliphatic rings. The molecule has 2 aromatic rings. The van der Waals surface area contributed by atoms with Gasteiger partial charge in [-0.15, -0.1) is 0 Å². The molecule has 118 valence electrons. The molecule has 8 heteroatoms. The van der Waals surface area contributed by atoms with Crippen molar-refractivity contribution >= 4 is 35.3 Å². The maximum Gasteiger partial charge on any atom is 0.316 e. The molecule has 0 saturated heterocycles. The van der Waals surface area contributed by atoms with Crippen molar-refractivity contribution in [1.82, 2.24) is 9.97 Å². The summed E-state index contributed by atoms with van der Waals surface area (Å²) in [5.74, 6) is -0.219. The van der Waals surface area contributed by atoms with Gasteiger partial charge in [0.15, 0.2) is 5.16 Å². The summed E-state index contributed by atoms with van der Waals surface area (Å²) in [6, 6.07) is 11.4. The number of nitrogen functional groups attached to an aromatic ring is 1.